The number of rotatable bonds is 5. The number of aryl methyl sites for hydroxylation is 1. The second kappa shape index (κ2) is 8.41. The van der Waals surface area contributed by atoms with Crippen LogP contribution in [0.1, 0.15) is 36.3 Å². The number of nitrogens with zero attached hydrogens (tertiary/aromatic N) is 4. The maximum Gasteiger partial charge on any atom is 0.354 e. The molecule has 2 aromatic rings. The molecule has 0 unspecified atom stereocenters. The van der Waals surface area contributed by atoms with Crippen LogP contribution in [0.25, 0.3) is 0 Å². The molecule has 0 aliphatic carbocycles. The minimum absolute atomic E-state index is 0.0612. The number of hydrogen-bond acceptors (Lipinski definition) is 8. The lowest BCUT2D eigenvalue weighted by molar-refractivity contribution is -0.141. The molecule has 34 heavy (non-hydrogen) atoms. The van der Waals surface area contributed by atoms with Crippen molar-refractivity contribution in [2.45, 2.75) is 45.1 Å². The van der Waals surface area contributed by atoms with Gasteiger partial charge in [-0.1, -0.05) is 0 Å². The average Bonchev–Trinajstić information content (AvgIpc) is 3.36. The van der Waals surface area contributed by atoms with E-state index < -0.39 is 17.8 Å². The minimum Gasteiger partial charge on any atom is -0.491 e. The molecular weight excluding hydrogens is 442 g/mol. The largest absolute Gasteiger partial charge is 0.491 e. The van der Waals surface area contributed by atoms with E-state index in [1.54, 1.807) is 36.2 Å². The number of anilines is 3. The van der Waals surface area contributed by atoms with Gasteiger partial charge in [-0.3, -0.25) is 10.2 Å². The predicted molar refractivity (Wildman–Crippen MR) is 123 cm³/mol. The van der Waals surface area contributed by atoms with Crippen molar-refractivity contribution in [1.82, 2.24) is 9.97 Å². The van der Waals surface area contributed by atoms with E-state index in [2.05, 4.69) is 20.2 Å². The van der Waals surface area contributed by atoms with E-state index in [-0.39, 0.29) is 17.8 Å². The Hall–Kier alpha value is -3.44. The molecule has 2 amide bonds. The molecule has 5 heterocycles. The Morgan fingerprint density at radius 1 is 1.35 bits per heavy atom. The van der Waals surface area contributed by atoms with Crippen molar-refractivity contribution in [2.24, 2.45) is 0 Å². The van der Waals surface area contributed by atoms with Crippen LogP contribution in [0.2, 0.25) is 0 Å². The third kappa shape index (κ3) is 4.24. The number of fused-ring (bicyclic) bond motifs is 4. The van der Waals surface area contributed by atoms with Gasteiger partial charge in [-0.15, -0.1) is 0 Å². The van der Waals surface area contributed by atoms with Crippen LogP contribution in [0.4, 0.5) is 22.1 Å². The molecule has 2 N–H and O–H groups in total. The first-order valence-electron chi connectivity index (χ1n) is 11.2. The molecule has 3 aliphatic rings. The molecule has 0 spiro atoms. The van der Waals surface area contributed by atoms with Gasteiger partial charge in [0.05, 0.1) is 18.3 Å². The van der Waals surface area contributed by atoms with Crippen molar-refractivity contribution in [3.05, 3.63) is 35.7 Å². The lowest BCUT2D eigenvalue weighted by Gasteiger charge is -2.36. The predicted octanol–water partition coefficient (Wildman–Crippen LogP) is 2.64. The summed E-state index contributed by atoms with van der Waals surface area (Å²) in [5.41, 5.74) is 1.26. The summed E-state index contributed by atoms with van der Waals surface area (Å²) in [5, 5.41) is 12.3. The van der Waals surface area contributed by atoms with Crippen molar-refractivity contribution in [1.29, 1.82) is 0 Å². The fourth-order valence-corrected chi connectivity index (χ4v) is 4.60. The van der Waals surface area contributed by atoms with Gasteiger partial charge in [-0.2, -0.15) is 0 Å². The van der Waals surface area contributed by atoms with Crippen LogP contribution < -0.4 is 19.9 Å². The van der Waals surface area contributed by atoms with Crippen LogP contribution in [0.15, 0.2) is 24.4 Å². The molecule has 2 saturated heterocycles. The highest BCUT2D eigenvalue weighted by Gasteiger charge is 2.41. The van der Waals surface area contributed by atoms with Crippen LogP contribution in [-0.2, 0) is 9.47 Å². The smallest absolute Gasteiger partial charge is 0.354 e. The van der Waals surface area contributed by atoms with Crippen molar-refractivity contribution < 1.29 is 28.9 Å². The summed E-state index contributed by atoms with van der Waals surface area (Å²) >= 11 is 0. The molecule has 5 rings (SSSR count). The standard InChI is InChI=1S/C23H27N5O6/c1-13-8-17-20(26-19(13)21(29)30)28(14-5-7-27(17)10-14)22(31)25-18-9-15(4-6-24-18)32-11-16-12-33-23(2,3)34-16/h4,6,8-9,14,16H,5,7,10-12H2,1-3H3,(H,29,30)(H,24,25,31)/t14-,16-/m0/s1. The van der Waals surface area contributed by atoms with Crippen LogP contribution in [0.3, 0.4) is 0 Å². The van der Waals surface area contributed by atoms with Crippen molar-refractivity contribution in [2.75, 3.05) is 41.4 Å². The number of carbonyl (C=O) groups excluding carboxylic acids is 1. The first-order valence-corrected chi connectivity index (χ1v) is 11.2. The van der Waals surface area contributed by atoms with E-state index >= 15 is 0 Å². The van der Waals surface area contributed by atoms with Gasteiger partial charge < -0.3 is 24.2 Å². The Labute approximate surface area is 196 Å². The molecule has 2 fully saturated rings. The van der Waals surface area contributed by atoms with Crippen molar-refractivity contribution in [3.63, 3.8) is 0 Å². The van der Waals surface area contributed by atoms with E-state index in [9.17, 15) is 14.7 Å². The highest BCUT2D eigenvalue weighted by molar-refractivity contribution is 6.05. The number of pyridine rings is 2. The molecule has 3 aliphatic heterocycles. The van der Waals surface area contributed by atoms with E-state index in [4.69, 9.17) is 14.2 Å². The molecule has 0 saturated carbocycles. The Bertz CT molecular complexity index is 1140. The fourth-order valence-electron chi connectivity index (χ4n) is 4.60. The quantitative estimate of drug-likeness (QED) is 0.679. The summed E-state index contributed by atoms with van der Waals surface area (Å²) in [6.45, 7) is 7.61. The number of nitrogens with one attached hydrogen (secondary N) is 1. The van der Waals surface area contributed by atoms with Crippen LogP contribution >= 0.6 is 0 Å². The van der Waals surface area contributed by atoms with E-state index in [1.807, 2.05) is 13.8 Å². The summed E-state index contributed by atoms with van der Waals surface area (Å²) in [6, 6.07) is 4.60. The topological polar surface area (TPSA) is 126 Å². The van der Waals surface area contributed by atoms with Crippen LogP contribution in [0, 0.1) is 6.92 Å². The molecule has 180 valence electrons. The molecule has 2 atom stereocenters. The molecule has 0 radical (unpaired) electrons. The number of urea groups is 1. The zero-order valence-corrected chi connectivity index (χ0v) is 19.3. The zero-order valence-electron chi connectivity index (χ0n) is 19.3. The molecule has 2 bridgehead atoms. The Morgan fingerprint density at radius 2 is 2.18 bits per heavy atom. The number of aromatic carboxylic acids is 1. The van der Waals surface area contributed by atoms with Crippen LogP contribution in [0.5, 0.6) is 5.75 Å². The van der Waals surface area contributed by atoms with Crippen LogP contribution in [-0.4, -0.2) is 71.3 Å². The second-order valence-corrected chi connectivity index (χ2v) is 9.13. The van der Waals surface area contributed by atoms with Crippen molar-refractivity contribution >= 4 is 29.3 Å². The Morgan fingerprint density at radius 3 is 2.91 bits per heavy atom. The summed E-state index contributed by atoms with van der Waals surface area (Å²) in [4.78, 5) is 37.2. The number of hydrogen-bond donors (Lipinski definition) is 2. The van der Waals surface area contributed by atoms with E-state index in [0.717, 1.165) is 18.7 Å². The zero-order chi connectivity index (χ0) is 24.0. The third-order valence-corrected chi connectivity index (χ3v) is 6.16. The third-order valence-electron chi connectivity index (χ3n) is 6.16. The molecule has 11 nitrogen and oxygen atoms in total. The monoisotopic (exact) mass is 469 g/mol. The number of carboxylic acid groups (broad SMARTS) is 1. The number of aromatic nitrogens is 2. The van der Waals surface area contributed by atoms with Gasteiger partial charge in [-0.05, 0) is 44.9 Å². The summed E-state index contributed by atoms with van der Waals surface area (Å²) in [7, 11) is 0. The van der Waals surface area contributed by atoms with Crippen molar-refractivity contribution in [3.8, 4) is 5.75 Å². The number of carboxylic acids is 1. The number of ether oxygens (including phenoxy) is 3. The number of amides is 2. The van der Waals surface area contributed by atoms with E-state index in [1.165, 1.54) is 0 Å². The van der Waals surface area contributed by atoms with Gasteiger partial charge in [-0.25, -0.2) is 19.6 Å². The lowest BCUT2D eigenvalue weighted by atomic mass is 10.1. The maximum absolute atomic E-state index is 13.3. The van der Waals surface area contributed by atoms with Gasteiger partial charge in [0.1, 0.15) is 24.3 Å². The molecular formula is C23H27N5O6. The average molecular weight is 469 g/mol. The summed E-state index contributed by atoms with van der Waals surface area (Å²) in [6.07, 6.45) is 2.13. The maximum atomic E-state index is 13.3. The Balaban J connectivity index is 1.33. The summed E-state index contributed by atoms with van der Waals surface area (Å²) in [5.74, 6) is -0.549. The first-order chi connectivity index (χ1) is 16.2. The fraction of sp³-hybridized carbons (Fsp3) is 0.478. The molecule has 11 heteroatoms. The number of carbonyl (C=O) groups is 2. The van der Waals surface area contributed by atoms with Gasteiger partial charge in [0.15, 0.2) is 17.3 Å². The summed E-state index contributed by atoms with van der Waals surface area (Å²) < 4.78 is 17.1. The minimum atomic E-state index is -1.12. The van der Waals surface area contributed by atoms with Gasteiger partial charge in [0.25, 0.3) is 0 Å². The molecule has 0 aromatic carbocycles. The molecule has 2 aromatic heterocycles. The van der Waals surface area contributed by atoms with Gasteiger partial charge in [0, 0.05) is 25.4 Å². The normalized spacial score (nSPS) is 22.4. The Kier molecular flexibility index (Phi) is 5.53. The van der Waals surface area contributed by atoms with E-state index in [0.29, 0.717) is 42.7 Å². The highest BCUT2D eigenvalue weighted by atomic mass is 16.7. The lowest BCUT2D eigenvalue weighted by Crippen LogP contribution is -2.48. The SMILES string of the molecule is Cc1cc2c(nc1C(=O)O)N(C(=O)Nc1cc(OC[C@H]3COC(C)(C)O3)ccn1)[C@H]1CCN2C1. The van der Waals surface area contributed by atoms with Gasteiger partial charge >= 0.3 is 12.0 Å². The highest BCUT2D eigenvalue weighted by Crippen LogP contribution is 2.40. The van der Waals surface area contributed by atoms with Gasteiger partial charge in [0.2, 0.25) is 0 Å². The second-order valence-electron chi connectivity index (χ2n) is 9.13. The first kappa shape index (κ1) is 22.4.